The Morgan fingerprint density at radius 2 is 2.46 bits per heavy atom. The van der Waals surface area contributed by atoms with Crippen molar-refractivity contribution in [3.8, 4) is 0 Å². The molecule has 68 valence electrons. The van der Waals surface area contributed by atoms with Gasteiger partial charge in [-0.2, -0.15) is 0 Å². The molecule has 0 fully saturated rings. The van der Waals surface area contributed by atoms with Gasteiger partial charge in [-0.3, -0.25) is 0 Å². The van der Waals surface area contributed by atoms with Gasteiger partial charge in [0.1, 0.15) is 5.65 Å². The van der Waals surface area contributed by atoms with Crippen LogP contribution in [0, 0.1) is 0 Å². The number of rotatable bonds is 2. The highest BCUT2D eigenvalue weighted by molar-refractivity contribution is 5.52. The number of hydrogen-bond acceptors (Lipinski definition) is 3. The van der Waals surface area contributed by atoms with E-state index in [0.717, 1.165) is 17.0 Å². The fraction of sp³-hybridized carbons (Fsp3) is 0.222. The number of aromatic nitrogens is 2. The van der Waals surface area contributed by atoms with Crippen LogP contribution in [0.2, 0.25) is 0 Å². The molecule has 0 atom stereocenters. The molecule has 0 aliphatic heterocycles. The largest absolute Gasteiger partial charge is 0.399 e. The first kappa shape index (κ1) is 8.07. The van der Waals surface area contributed by atoms with Gasteiger partial charge in [-0.1, -0.05) is 0 Å². The zero-order chi connectivity index (χ0) is 9.26. The van der Waals surface area contributed by atoms with E-state index in [-0.39, 0.29) is 0 Å². The smallest absolute Gasteiger partial charge is 0.139 e. The van der Waals surface area contributed by atoms with E-state index in [1.807, 2.05) is 22.7 Å². The standard InChI is InChI=1S/C9H11N3O/c1-13-6-8-5-11-9-4-7(10)2-3-12(8)9/h2-5H,6,10H2,1H3. The van der Waals surface area contributed by atoms with Crippen molar-refractivity contribution in [3.63, 3.8) is 0 Å². The van der Waals surface area contributed by atoms with Crippen LogP contribution in [-0.2, 0) is 11.3 Å². The van der Waals surface area contributed by atoms with E-state index in [2.05, 4.69) is 4.98 Å². The molecule has 13 heavy (non-hydrogen) atoms. The van der Waals surface area contributed by atoms with Crippen LogP contribution < -0.4 is 5.73 Å². The summed E-state index contributed by atoms with van der Waals surface area (Å²) < 4.78 is 6.99. The number of pyridine rings is 1. The Morgan fingerprint density at radius 1 is 1.62 bits per heavy atom. The summed E-state index contributed by atoms with van der Waals surface area (Å²) in [5, 5.41) is 0. The van der Waals surface area contributed by atoms with Crippen molar-refractivity contribution in [1.82, 2.24) is 9.38 Å². The Balaban J connectivity index is 2.55. The molecule has 0 saturated heterocycles. The van der Waals surface area contributed by atoms with Crippen LogP contribution in [0.3, 0.4) is 0 Å². The van der Waals surface area contributed by atoms with E-state index in [1.165, 1.54) is 0 Å². The van der Waals surface area contributed by atoms with Crippen LogP contribution in [0.4, 0.5) is 5.69 Å². The summed E-state index contributed by atoms with van der Waals surface area (Å²) in [6.07, 6.45) is 3.68. The van der Waals surface area contributed by atoms with E-state index < -0.39 is 0 Å². The number of nitrogen functional groups attached to an aromatic ring is 1. The minimum Gasteiger partial charge on any atom is -0.399 e. The molecule has 0 aromatic carbocycles. The minimum atomic E-state index is 0.561. The first-order valence-corrected chi connectivity index (χ1v) is 4.01. The third-order valence-electron chi connectivity index (χ3n) is 1.91. The summed E-state index contributed by atoms with van der Waals surface area (Å²) in [4.78, 5) is 4.20. The average molecular weight is 177 g/mol. The fourth-order valence-electron chi connectivity index (χ4n) is 1.30. The first-order valence-electron chi connectivity index (χ1n) is 4.01. The molecule has 4 nitrogen and oxygen atoms in total. The number of nitrogens with two attached hydrogens (primary N) is 1. The Morgan fingerprint density at radius 3 is 3.23 bits per heavy atom. The maximum absolute atomic E-state index is 5.62. The maximum Gasteiger partial charge on any atom is 0.139 e. The predicted molar refractivity (Wildman–Crippen MR) is 50.3 cm³/mol. The number of hydrogen-bond donors (Lipinski definition) is 1. The van der Waals surface area contributed by atoms with Crippen molar-refractivity contribution in [2.24, 2.45) is 0 Å². The number of nitrogens with zero attached hydrogens (tertiary/aromatic N) is 2. The molecule has 4 heteroatoms. The van der Waals surface area contributed by atoms with E-state index in [0.29, 0.717) is 6.61 Å². The van der Waals surface area contributed by atoms with Crippen molar-refractivity contribution >= 4 is 11.3 Å². The summed E-state index contributed by atoms with van der Waals surface area (Å²) in [5.41, 5.74) is 8.23. The highest BCUT2D eigenvalue weighted by Crippen LogP contribution is 2.10. The lowest BCUT2D eigenvalue weighted by Gasteiger charge is -2.00. The molecule has 2 rings (SSSR count). The van der Waals surface area contributed by atoms with Gasteiger partial charge in [0.25, 0.3) is 0 Å². The van der Waals surface area contributed by atoms with Gasteiger partial charge in [0.05, 0.1) is 18.5 Å². The second kappa shape index (κ2) is 3.06. The lowest BCUT2D eigenvalue weighted by atomic mass is 10.4. The Hall–Kier alpha value is -1.55. The van der Waals surface area contributed by atoms with Crippen LogP contribution in [0.15, 0.2) is 24.5 Å². The van der Waals surface area contributed by atoms with Gasteiger partial charge >= 0.3 is 0 Å². The van der Waals surface area contributed by atoms with Crippen molar-refractivity contribution in [2.45, 2.75) is 6.61 Å². The summed E-state index contributed by atoms with van der Waals surface area (Å²) in [6.45, 7) is 0.561. The molecule has 2 aromatic rings. The molecular weight excluding hydrogens is 166 g/mol. The third-order valence-corrected chi connectivity index (χ3v) is 1.91. The van der Waals surface area contributed by atoms with Gasteiger partial charge in [0, 0.05) is 25.1 Å². The lowest BCUT2D eigenvalue weighted by molar-refractivity contribution is 0.181. The molecular formula is C9H11N3O. The van der Waals surface area contributed by atoms with Gasteiger partial charge in [-0.05, 0) is 6.07 Å². The molecule has 2 heterocycles. The van der Waals surface area contributed by atoms with Gasteiger partial charge in [0.15, 0.2) is 0 Å². The molecule has 2 N–H and O–H groups in total. The first-order chi connectivity index (χ1) is 6.31. The highest BCUT2D eigenvalue weighted by Gasteiger charge is 2.01. The molecule has 0 aliphatic rings. The van der Waals surface area contributed by atoms with Gasteiger partial charge in [-0.15, -0.1) is 0 Å². The van der Waals surface area contributed by atoms with Gasteiger partial charge in [0.2, 0.25) is 0 Å². The number of fused-ring (bicyclic) bond motifs is 1. The van der Waals surface area contributed by atoms with Gasteiger partial charge in [-0.25, -0.2) is 4.98 Å². The van der Waals surface area contributed by atoms with Crippen LogP contribution in [0.5, 0.6) is 0 Å². The molecule has 0 spiro atoms. The van der Waals surface area contributed by atoms with E-state index >= 15 is 0 Å². The topological polar surface area (TPSA) is 52.5 Å². The second-order valence-electron chi connectivity index (χ2n) is 2.87. The predicted octanol–water partition coefficient (Wildman–Crippen LogP) is 1.06. The monoisotopic (exact) mass is 177 g/mol. The number of imidazole rings is 1. The zero-order valence-electron chi connectivity index (χ0n) is 7.40. The normalized spacial score (nSPS) is 10.8. The minimum absolute atomic E-state index is 0.561. The number of methoxy groups -OCH3 is 1. The molecule has 0 radical (unpaired) electrons. The average Bonchev–Trinajstić information content (AvgIpc) is 2.49. The van der Waals surface area contributed by atoms with Crippen LogP contribution in [0.25, 0.3) is 5.65 Å². The summed E-state index contributed by atoms with van der Waals surface area (Å²) in [7, 11) is 1.66. The Kier molecular flexibility index (Phi) is 1.90. The van der Waals surface area contributed by atoms with E-state index in [9.17, 15) is 0 Å². The lowest BCUT2D eigenvalue weighted by Crippen LogP contribution is -1.95. The number of anilines is 1. The van der Waals surface area contributed by atoms with Crippen molar-refractivity contribution < 1.29 is 4.74 Å². The van der Waals surface area contributed by atoms with Crippen LogP contribution in [-0.4, -0.2) is 16.5 Å². The molecule has 0 bridgehead atoms. The highest BCUT2D eigenvalue weighted by atomic mass is 16.5. The second-order valence-corrected chi connectivity index (χ2v) is 2.87. The SMILES string of the molecule is COCc1cnc2cc(N)ccn12. The number of ether oxygens (including phenoxy) is 1. The van der Waals surface area contributed by atoms with Gasteiger partial charge < -0.3 is 14.9 Å². The van der Waals surface area contributed by atoms with Crippen molar-refractivity contribution in [3.05, 3.63) is 30.2 Å². The van der Waals surface area contributed by atoms with E-state index in [4.69, 9.17) is 10.5 Å². The quantitative estimate of drug-likeness (QED) is 0.746. The zero-order valence-corrected chi connectivity index (χ0v) is 7.40. The van der Waals surface area contributed by atoms with Crippen LogP contribution in [0.1, 0.15) is 5.69 Å². The van der Waals surface area contributed by atoms with Crippen LogP contribution >= 0.6 is 0 Å². The fourth-order valence-corrected chi connectivity index (χ4v) is 1.30. The molecule has 0 aliphatic carbocycles. The van der Waals surface area contributed by atoms with Crippen molar-refractivity contribution in [1.29, 1.82) is 0 Å². The van der Waals surface area contributed by atoms with Crippen molar-refractivity contribution in [2.75, 3.05) is 12.8 Å². The molecule has 0 unspecified atom stereocenters. The van der Waals surface area contributed by atoms with E-state index in [1.54, 1.807) is 13.3 Å². The Labute approximate surface area is 76.0 Å². The molecule has 0 amide bonds. The molecule has 0 saturated carbocycles. The summed E-state index contributed by atoms with van der Waals surface area (Å²) in [5.74, 6) is 0. The summed E-state index contributed by atoms with van der Waals surface area (Å²) in [6, 6.07) is 3.67. The Bertz CT molecular complexity index is 422. The molecule has 2 aromatic heterocycles. The summed E-state index contributed by atoms with van der Waals surface area (Å²) >= 11 is 0. The third kappa shape index (κ3) is 1.36. The maximum atomic E-state index is 5.62.